The predicted octanol–water partition coefficient (Wildman–Crippen LogP) is 4.64. The van der Waals surface area contributed by atoms with Gasteiger partial charge in [-0.1, -0.05) is 24.3 Å². The first kappa shape index (κ1) is 27.7. The van der Waals surface area contributed by atoms with Crippen molar-refractivity contribution < 1.29 is 14.3 Å². The number of nitrogens with zero attached hydrogens (tertiary/aromatic N) is 3. The van der Waals surface area contributed by atoms with Crippen molar-refractivity contribution in [2.75, 3.05) is 33.8 Å². The van der Waals surface area contributed by atoms with E-state index in [2.05, 4.69) is 33.4 Å². The molecular weight excluding hydrogens is 531 g/mol. The fraction of sp³-hybridized carbons (Fsp3) is 0.680. The van der Waals surface area contributed by atoms with Gasteiger partial charge in [-0.15, -0.1) is 24.0 Å². The van der Waals surface area contributed by atoms with Gasteiger partial charge in [-0.3, -0.25) is 4.99 Å². The van der Waals surface area contributed by atoms with Crippen molar-refractivity contribution in [2.45, 2.75) is 71.2 Å². The minimum Gasteiger partial charge on any atom is -0.444 e. The van der Waals surface area contributed by atoms with Gasteiger partial charge in [-0.2, -0.15) is 0 Å². The minimum absolute atomic E-state index is 0. The summed E-state index contributed by atoms with van der Waals surface area (Å²) in [4.78, 5) is 21.7. The molecule has 1 amide bonds. The van der Waals surface area contributed by atoms with Crippen molar-refractivity contribution in [2.24, 2.45) is 10.9 Å². The van der Waals surface area contributed by atoms with Crippen molar-refractivity contribution in [3.8, 4) is 0 Å². The summed E-state index contributed by atoms with van der Waals surface area (Å²) in [6.07, 6.45) is 4.12. The summed E-state index contributed by atoms with van der Waals surface area (Å²) in [6, 6.07) is 8.53. The van der Waals surface area contributed by atoms with Crippen LogP contribution in [0.15, 0.2) is 29.3 Å². The Bertz CT molecular complexity index is 784. The second kappa shape index (κ2) is 12.8. The normalized spacial score (nSPS) is 17.4. The Balaban J connectivity index is 0.00000385. The molecule has 2 fully saturated rings. The molecule has 33 heavy (non-hydrogen) atoms. The number of hydrogen-bond donors (Lipinski definition) is 1. The molecule has 0 bridgehead atoms. The molecule has 0 radical (unpaired) electrons. The van der Waals surface area contributed by atoms with E-state index in [9.17, 15) is 4.79 Å². The largest absolute Gasteiger partial charge is 0.444 e. The van der Waals surface area contributed by atoms with Gasteiger partial charge in [0.05, 0.1) is 6.61 Å². The standard InChI is InChI=1S/C25H40N4O3.HI/c1-25(2,3)32-24(30)29(17-19-10-11-19)22-12-14-28(15-13-22)23(26-4)27-16-20-8-6-7-9-21(20)18-31-5;/h6-9,19,22H,10-18H2,1-5H3,(H,26,27);1H. The molecule has 2 aliphatic rings. The topological polar surface area (TPSA) is 66.4 Å². The molecule has 1 N–H and O–H groups in total. The number of aliphatic imine (C=N–C) groups is 1. The summed E-state index contributed by atoms with van der Waals surface area (Å²) >= 11 is 0. The molecule has 0 atom stereocenters. The van der Waals surface area contributed by atoms with E-state index in [1.54, 1.807) is 7.11 Å². The first-order chi connectivity index (χ1) is 15.3. The predicted molar refractivity (Wildman–Crippen MR) is 143 cm³/mol. The molecular formula is C25H41IN4O3. The van der Waals surface area contributed by atoms with E-state index < -0.39 is 5.60 Å². The van der Waals surface area contributed by atoms with Gasteiger partial charge >= 0.3 is 6.09 Å². The van der Waals surface area contributed by atoms with E-state index >= 15 is 0 Å². The summed E-state index contributed by atoms with van der Waals surface area (Å²) in [5.41, 5.74) is 1.93. The highest BCUT2D eigenvalue weighted by atomic mass is 127. The first-order valence-corrected chi connectivity index (χ1v) is 11.8. The Kier molecular flexibility index (Phi) is 10.7. The summed E-state index contributed by atoms with van der Waals surface area (Å²) in [5.74, 6) is 1.55. The molecule has 3 rings (SSSR count). The van der Waals surface area contributed by atoms with Crippen LogP contribution >= 0.6 is 24.0 Å². The van der Waals surface area contributed by atoms with Crippen molar-refractivity contribution in [3.63, 3.8) is 0 Å². The quantitative estimate of drug-likeness (QED) is 0.293. The van der Waals surface area contributed by atoms with E-state index in [1.807, 2.05) is 38.8 Å². The zero-order chi connectivity index (χ0) is 23.1. The molecule has 1 aromatic rings. The number of ether oxygens (including phenoxy) is 2. The molecule has 1 heterocycles. The molecule has 186 valence electrons. The number of carbonyl (C=O) groups is 1. The molecule has 1 aliphatic carbocycles. The van der Waals surface area contributed by atoms with Gasteiger partial charge in [0.2, 0.25) is 0 Å². The van der Waals surface area contributed by atoms with Crippen LogP contribution in [-0.2, 0) is 22.6 Å². The third-order valence-corrected chi connectivity index (χ3v) is 6.05. The number of amides is 1. The number of guanidine groups is 1. The minimum atomic E-state index is -0.468. The van der Waals surface area contributed by atoms with Crippen LogP contribution in [0, 0.1) is 5.92 Å². The summed E-state index contributed by atoms with van der Waals surface area (Å²) in [6.45, 7) is 9.67. The van der Waals surface area contributed by atoms with Gasteiger partial charge in [0, 0.05) is 46.4 Å². The summed E-state index contributed by atoms with van der Waals surface area (Å²) in [5, 5.41) is 3.51. The number of hydrogen-bond acceptors (Lipinski definition) is 4. The molecule has 1 aromatic carbocycles. The summed E-state index contributed by atoms with van der Waals surface area (Å²) in [7, 11) is 3.55. The number of likely N-dealkylation sites (tertiary alicyclic amines) is 1. The Morgan fingerprint density at radius 2 is 1.79 bits per heavy atom. The van der Waals surface area contributed by atoms with Gasteiger partial charge in [-0.05, 0) is 63.5 Å². The molecule has 1 saturated heterocycles. The monoisotopic (exact) mass is 572 g/mol. The highest BCUT2D eigenvalue weighted by molar-refractivity contribution is 14.0. The number of rotatable bonds is 7. The lowest BCUT2D eigenvalue weighted by Gasteiger charge is -2.40. The van der Waals surface area contributed by atoms with Crippen molar-refractivity contribution in [1.82, 2.24) is 15.1 Å². The van der Waals surface area contributed by atoms with Crippen LogP contribution in [0.1, 0.15) is 57.6 Å². The molecule has 7 nitrogen and oxygen atoms in total. The maximum Gasteiger partial charge on any atom is 0.410 e. The fourth-order valence-corrected chi connectivity index (χ4v) is 4.19. The van der Waals surface area contributed by atoms with Gasteiger partial charge in [0.25, 0.3) is 0 Å². The molecule has 8 heteroatoms. The van der Waals surface area contributed by atoms with Crippen molar-refractivity contribution in [3.05, 3.63) is 35.4 Å². The molecule has 1 saturated carbocycles. The highest BCUT2D eigenvalue weighted by Gasteiger charge is 2.35. The number of piperidine rings is 1. The summed E-state index contributed by atoms with van der Waals surface area (Å²) < 4.78 is 11.0. The van der Waals surface area contributed by atoms with Crippen LogP contribution in [0.25, 0.3) is 0 Å². The number of carbonyl (C=O) groups excluding carboxylic acids is 1. The van der Waals surface area contributed by atoms with Crippen molar-refractivity contribution >= 4 is 36.0 Å². The Morgan fingerprint density at radius 1 is 1.15 bits per heavy atom. The first-order valence-electron chi connectivity index (χ1n) is 11.8. The van der Waals surface area contributed by atoms with E-state index in [1.165, 1.54) is 24.0 Å². The van der Waals surface area contributed by atoms with Crippen LogP contribution < -0.4 is 5.32 Å². The fourth-order valence-electron chi connectivity index (χ4n) is 4.19. The lowest BCUT2D eigenvalue weighted by molar-refractivity contribution is 0.00928. The highest BCUT2D eigenvalue weighted by Crippen LogP contribution is 2.32. The van der Waals surface area contributed by atoms with Gasteiger partial charge in [0.1, 0.15) is 5.60 Å². The number of nitrogens with one attached hydrogen (secondary N) is 1. The zero-order valence-electron chi connectivity index (χ0n) is 20.8. The average Bonchev–Trinajstić information content (AvgIpc) is 3.57. The second-order valence-electron chi connectivity index (χ2n) is 9.90. The zero-order valence-corrected chi connectivity index (χ0v) is 23.1. The number of halogens is 1. The Morgan fingerprint density at radius 3 is 2.33 bits per heavy atom. The maximum atomic E-state index is 12.9. The molecule has 0 unspecified atom stereocenters. The van der Waals surface area contributed by atoms with Crippen LogP contribution in [0.2, 0.25) is 0 Å². The van der Waals surface area contributed by atoms with Crippen LogP contribution in [0.4, 0.5) is 4.79 Å². The Hall–Kier alpha value is -1.55. The van der Waals surface area contributed by atoms with Gasteiger partial charge in [-0.25, -0.2) is 4.79 Å². The van der Waals surface area contributed by atoms with E-state index in [4.69, 9.17) is 9.47 Å². The molecule has 0 spiro atoms. The lowest BCUT2D eigenvalue weighted by atomic mass is 10.0. The maximum absolute atomic E-state index is 12.9. The number of methoxy groups -OCH3 is 1. The third-order valence-electron chi connectivity index (χ3n) is 6.05. The average molecular weight is 573 g/mol. The van der Waals surface area contributed by atoms with Crippen molar-refractivity contribution in [1.29, 1.82) is 0 Å². The SMILES string of the molecule is CN=C(NCc1ccccc1COC)N1CCC(N(CC2CC2)C(=O)OC(C)(C)C)CC1.I. The third kappa shape index (κ3) is 8.63. The van der Waals surface area contributed by atoms with Crippen LogP contribution in [-0.4, -0.2) is 67.3 Å². The second-order valence-corrected chi connectivity index (χ2v) is 9.90. The Labute approximate surface area is 216 Å². The van der Waals surface area contributed by atoms with Gasteiger partial charge in [0.15, 0.2) is 5.96 Å². The van der Waals surface area contributed by atoms with Crippen LogP contribution in [0.5, 0.6) is 0 Å². The van der Waals surface area contributed by atoms with E-state index in [-0.39, 0.29) is 36.1 Å². The van der Waals surface area contributed by atoms with Gasteiger partial charge < -0.3 is 24.6 Å². The van der Waals surface area contributed by atoms with E-state index in [0.29, 0.717) is 19.1 Å². The lowest BCUT2D eigenvalue weighted by Crippen LogP contribution is -2.52. The van der Waals surface area contributed by atoms with E-state index in [0.717, 1.165) is 38.4 Å². The molecule has 0 aromatic heterocycles. The number of benzene rings is 1. The van der Waals surface area contributed by atoms with Crippen LogP contribution in [0.3, 0.4) is 0 Å². The molecule has 1 aliphatic heterocycles. The smallest absolute Gasteiger partial charge is 0.410 e.